The summed E-state index contributed by atoms with van der Waals surface area (Å²) in [6, 6.07) is 10.8. The standard InChI is InChI=1S/C18H16F3N3O4/c19-18(20,21)13-5-3-6-14(8-13)22-10-16(25)24-23-9-12-4-1-2-7-15(12)28-11-17(26)27/h1-9,22H,10-11H2,(H,24,25)(H,26,27)/p-1/b23-9-. The monoisotopic (exact) mass is 394 g/mol. The van der Waals surface area contributed by atoms with E-state index < -0.39 is 30.2 Å². The number of ether oxygens (including phenoxy) is 1. The van der Waals surface area contributed by atoms with Gasteiger partial charge in [0.05, 0.1) is 24.3 Å². The molecule has 28 heavy (non-hydrogen) atoms. The van der Waals surface area contributed by atoms with Crippen molar-refractivity contribution in [3.05, 3.63) is 59.7 Å². The second-order valence-corrected chi connectivity index (χ2v) is 5.42. The Bertz CT molecular complexity index is 869. The number of nitrogens with one attached hydrogen (secondary N) is 2. The third-order valence-electron chi connectivity index (χ3n) is 3.30. The van der Waals surface area contributed by atoms with Crippen LogP contribution in [0.5, 0.6) is 5.75 Å². The molecule has 2 aromatic carbocycles. The first-order chi connectivity index (χ1) is 13.3. The lowest BCUT2D eigenvalue weighted by Gasteiger charge is -2.10. The van der Waals surface area contributed by atoms with Crippen LogP contribution in [-0.2, 0) is 15.8 Å². The number of para-hydroxylation sites is 1. The number of alkyl halides is 3. The molecule has 0 bridgehead atoms. The summed E-state index contributed by atoms with van der Waals surface area (Å²) in [6.45, 7) is -0.945. The van der Waals surface area contributed by atoms with E-state index in [4.69, 9.17) is 4.74 Å². The number of hydrogen-bond donors (Lipinski definition) is 2. The van der Waals surface area contributed by atoms with E-state index in [9.17, 15) is 27.9 Å². The zero-order valence-electron chi connectivity index (χ0n) is 14.3. The van der Waals surface area contributed by atoms with Gasteiger partial charge in [-0.2, -0.15) is 18.3 Å². The van der Waals surface area contributed by atoms with Crippen LogP contribution in [0.1, 0.15) is 11.1 Å². The van der Waals surface area contributed by atoms with Gasteiger partial charge in [-0.05, 0) is 30.3 Å². The number of amides is 1. The summed E-state index contributed by atoms with van der Waals surface area (Å²) in [6.07, 6.45) is -3.23. The summed E-state index contributed by atoms with van der Waals surface area (Å²) in [4.78, 5) is 22.2. The molecule has 0 spiro atoms. The number of nitrogens with zero attached hydrogens (tertiary/aromatic N) is 1. The number of carboxylic acid groups (broad SMARTS) is 1. The van der Waals surface area contributed by atoms with Crippen LogP contribution in [0.15, 0.2) is 53.6 Å². The summed E-state index contributed by atoms with van der Waals surface area (Å²) in [7, 11) is 0. The maximum Gasteiger partial charge on any atom is 0.416 e. The summed E-state index contributed by atoms with van der Waals surface area (Å²) in [5.74, 6) is -1.76. The Labute approximate surface area is 157 Å². The molecule has 0 aliphatic heterocycles. The van der Waals surface area contributed by atoms with Crippen molar-refractivity contribution in [3.63, 3.8) is 0 Å². The molecule has 2 aromatic rings. The highest BCUT2D eigenvalue weighted by Crippen LogP contribution is 2.30. The van der Waals surface area contributed by atoms with Gasteiger partial charge in [-0.3, -0.25) is 4.79 Å². The van der Waals surface area contributed by atoms with Gasteiger partial charge in [0.15, 0.2) is 0 Å². The van der Waals surface area contributed by atoms with Gasteiger partial charge < -0.3 is 20.0 Å². The molecule has 0 fully saturated rings. The molecule has 0 saturated carbocycles. The Kier molecular flexibility index (Phi) is 6.96. The number of hydrogen-bond acceptors (Lipinski definition) is 6. The number of rotatable bonds is 8. The van der Waals surface area contributed by atoms with E-state index >= 15 is 0 Å². The quantitative estimate of drug-likeness (QED) is 0.520. The molecule has 0 heterocycles. The molecule has 0 saturated heterocycles. The third-order valence-corrected chi connectivity index (χ3v) is 3.30. The van der Waals surface area contributed by atoms with E-state index in [1.807, 2.05) is 0 Å². The number of carbonyl (C=O) groups excluding carboxylic acids is 2. The Balaban J connectivity index is 1.89. The van der Waals surface area contributed by atoms with Crippen LogP contribution >= 0.6 is 0 Å². The predicted molar refractivity (Wildman–Crippen MR) is 92.6 cm³/mol. The van der Waals surface area contributed by atoms with Crippen molar-refractivity contribution in [2.75, 3.05) is 18.5 Å². The minimum Gasteiger partial charge on any atom is -0.546 e. The van der Waals surface area contributed by atoms with Crippen molar-refractivity contribution in [3.8, 4) is 5.75 Å². The van der Waals surface area contributed by atoms with Crippen molar-refractivity contribution >= 4 is 23.8 Å². The molecule has 0 unspecified atom stereocenters. The van der Waals surface area contributed by atoms with Crippen LogP contribution in [0, 0.1) is 0 Å². The molecule has 2 N–H and O–H groups in total. The largest absolute Gasteiger partial charge is 0.546 e. The van der Waals surface area contributed by atoms with Crippen molar-refractivity contribution in [2.45, 2.75) is 6.18 Å². The van der Waals surface area contributed by atoms with Gasteiger partial charge in [0.25, 0.3) is 5.91 Å². The first kappa shape index (κ1) is 20.7. The topological polar surface area (TPSA) is 103 Å². The van der Waals surface area contributed by atoms with Crippen LogP contribution in [0.25, 0.3) is 0 Å². The number of carbonyl (C=O) groups is 2. The molecule has 0 aromatic heterocycles. The summed E-state index contributed by atoms with van der Waals surface area (Å²) in [5, 5.41) is 16.7. The number of hydrazone groups is 1. The van der Waals surface area contributed by atoms with E-state index in [0.29, 0.717) is 5.56 Å². The zero-order chi connectivity index (χ0) is 20.6. The summed E-state index contributed by atoms with van der Waals surface area (Å²) >= 11 is 0. The van der Waals surface area contributed by atoms with E-state index in [0.717, 1.165) is 12.1 Å². The Morgan fingerprint density at radius 1 is 1.14 bits per heavy atom. The smallest absolute Gasteiger partial charge is 0.416 e. The molecule has 0 atom stereocenters. The van der Waals surface area contributed by atoms with Gasteiger partial charge >= 0.3 is 6.18 Å². The highest BCUT2D eigenvalue weighted by molar-refractivity contribution is 5.86. The number of aliphatic carboxylic acids is 1. The van der Waals surface area contributed by atoms with Crippen molar-refractivity contribution in [2.24, 2.45) is 5.10 Å². The first-order valence-electron chi connectivity index (χ1n) is 7.90. The van der Waals surface area contributed by atoms with Gasteiger partial charge in [0.1, 0.15) is 12.4 Å². The average Bonchev–Trinajstić information content (AvgIpc) is 2.65. The maximum atomic E-state index is 12.7. The molecule has 148 valence electrons. The van der Waals surface area contributed by atoms with Crippen LogP contribution in [0.2, 0.25) is 0 Å². The van der Waals surface area contributed by atoms with E-state index in [2.05, 4.69) is 15.8 Å². The van der Waals surface area contributed by atoms with Gasteiger partial charge in [-0.25, -0.2) is 5.43 Å². The Morgan fingerprint density at radius 3 is 2.61 bits per heavy atom. The van der Waals surface area contributed by atoms with Gasteiger partial charge in [-0.15, -0.1) is 0 Å². The van der Waals surface area contributed by atoms with Crippen molar-refractivity contribution in [1.29, 1.82) is 0 Å². The molecule has 0 aliphatic rings. The Morgan fingerprint density at radius 2 is 1.89 bits per heavy atom. The SMILES string of the molecule is O=C([O-])COc1ccccc1/C=N\NC(=O)CNc1cccc(C(F)(F)F)c1. The third kappa shape index (κ3) is 6.63. The van der Waals surface area contributed by atoms with Crippen LogP contribution in [-0.4, -0.2) is 31.2 Å². The molecule has 0 radical (unpaired) electrons. The molecule has 7 nitrogen and oxygen atoms in total. The van der Waals surface area contributed by atoms with Crippen LogP contribution < -0.4 is 20.6 Å². The van der Waals surface area contributed by atoms with Crippen molar-refractivity contribution in [1.82, 2.24) is 5.43 Å². The number of halogens is 3. The lowest BCUT2D eigenvalue weighted by atomic mass is 10.2. The fourth-order valence-electron chi connectivity index (χ4n) is 2.06. The number of benzene rings is 2. The molecular formula is C18H15F3N3O4-. The van der Waals surface area contributed by atoms with E-state index in [1.54, 1.807) is 18.2 Å². The van der Waals surface area contributed by atoms with Crippen LogP contribution in [0.3, 0.4) is 0 Å². The fraction of sp³-hybridized carbons (Fsp3) is 0.167. The van der Waals surface area contributed by atoms with Gasteiger partial charge in [0.2, 0.25) is 0 Å². The number of carboxylic acids is 1. The normalized spacial score (nSPS) is 11.2. The number of anilines is 1. The highest BCUT2D eigenvalue weighted by atomic mass is 19.4. The second kappa shape index (κ2) is 9.40. The zero-order valence-corrected chi connectivity index (χ0v) is 14.3. The summed E-state index contributed by atoms with van der Waals surface area (Å²) in [5.41, 5.74) is 1.92. The summed E-state index contributed by atoms with van der Waals surface area (Å²) < 4.78 is 43.0. The highest BCUT2D eigenvalue weighted by Gasteiger charge is 2.30. The fourth-order valence-corrected chi connectivity index (χ4v) is 2.06. The van der Waals surface area contributed by atoms with E-state index in [1.165, 1.54) is 24.4 Å². The van der Waals surface area contributed by atoms with E-state index in [-0.39, 0.29) is 18.0 Å². The molecule has 10 heteroatoms. The maximum absolute atomic E-state index is 12.7. The van der Waals surface area contributed by atoms with Gasteiger partial charge in [0, 0.05) is 11.3 Å². The lowest BCUT2D eigenvalue weighted by Crippen LogP contribution is -2.29. The minimum absolute atomic E-state index is 0.134. The van der Waals surface area contributed by atoms with Gasteiger partial charge in [-0.1, -0.05) is 18.2 Å². The second-order valence-electron chi connectivity index (χ2n) is 5.42. The predicted octanol–water partition coefficient (Wildman–Crippen LogP) is 1.40. The lowest BCUT2D eigenvalue weighted by molar-refractivity contribution is -0.307. The van der Waals surface area contributed by atoms with Crippen molar-refractivity contribution < 1.29 is 32.6 Å². The molecule has 1 amide bonds. The average molecular weight is 394 g/mol. The molecule has 0 aliphatic carbocycles. The Hall–Kier alpha value is -3.56. The van der Waals surface area contributed by atoms with Crippen LogP contribution in [0.4, 0.5) is 18.9 Å². The first-order valence-corrected chi connectivity index (χ1v) is 7.90. The molecule has 2 rings (SSSR count). The molecular weight excluding hydrogens is 379 g/mol. The minimum atomic E-state index is -4.48.